The molecule has 1 aromatic rings. The Morgan fingerprint density at radius 1 is 1.48 bits per heavy atom. The van der Waals surface area contributed by atoms with Gasteiger partial charge in [-0.1, -0.05) is 6.07 Å². The van der Waals surface area contributed by atoms with Crippen LogP contribution in [0.3, 0.4) is 0 Å². The minimum Gasteiger partial charge on any atom is -0.466 e. The second-order valence-corrected chi connectivity index (χ2v) is 4.86. The predicted molar refractivity (Wildman–Crippen MR) is 79.0 cm³/mol. The fraction of sp³-hybridized carbons (Fsp3) is 0.375. The van der Waals surface area contributed by atoms with E-state index in [9.17, 15) is 4.79 Å². The zero-order valence-corrected chi connectivity index (χ0v) is 12.5. The summed E-state index contributed by atoms with van der Waals surface area (Å²) in [6.45, 7) is 4.61. The van der Waals surface area contributed by atoms with Gasteiger partial charge in [0.05, 0.1) is 25.5 Å². The molecule has 1 aliphatic heterocycles. The number of pyridine rings is 1. The van der Waals surface area contributed by atoms with E-state index < -0.39 is 0 Å². The molecule has 112 valence electrons. The van der Waals surface area contributed by atoms with E-state index >= 15 is 0 Å². The van der Waals surface area contributed by atoms with Gasteiger partial charge in [-0.3, -0.25) is 4.98 Å². The van der Waals surface area contributed by atoms with E-state index in [1.54, 1.807) is 12.3 Å². The molecule has 0 unspecified atom stereocenters. The van der Waals surface area contributed by atoms with Crippen molar-refractivity contribution in [2.24, 2.45) is 0 Å². The first-order valence-corrected chi connectivity index (χ1v) is 6.89. The Morgan fingerprint density at radius 2 is 2.29 bits per heavy atom. The zero-order valence-electron chi connectivity index (χ0n) is 12.5. The second kappa shape index (κ2) is 7.04. The molecule has 1 aliphatic rings. The molecule has 0 spiro atoms. The summed E-state index contributed by atoms with van der Waals surface area (Å²) in [7, 11) is 1.36. The van der Waals surface area contributed by atoms with Crippen molar-refractivity contribution in [3.05, 3.63) is 54.0 Å². The Kier molecular flexibility index (Phi) is 5.11. The minimum absolute atomic E-state index is 0.0442. The Morgan fingerprint density at radius 3 is 2.95 bits per heavy atom. The summed E-state index contributed by atoms with van der Waals surface area (Å²) in [5.41, 5.74) is 1.89. The van der Waals surface area contributed by atoms with Crippen LogP contribution in [-0.4, -0.2) is 35.3 Å². The summed E-state index contributed by atoms with van der Waals surface area (Å²) in [5.74, 6) is -0.377. The van der Waals surface area contributed by atoms with Crippen molar-refractivity contribution >= 4 is 5.97 Å². The first kappa shape index (κ1) is 15.3. The third-order valence-corrected chi connectivity index (χ3v) is 3.34. The molecule has 2 heterocycles. The van der Waals surface area contributed by atoms with E-state index in [-0.39, 0.29) is 18.3 Å². The van der Waals surface area contributed by atoms with E-state index in [4.69, 9.17) is 4.74 Å². The van der Waals surface area contributed by atoms with Crippen molar-refractivity contribution in [3.8, 4) is 0 Å². The third kappa shape index (κ3) is 4.16. The van der Waals surface area contributed by atoms with Gasteiger partial charge >= 0.3 is 5.97 Å². The normalized spacial score (nSPS) is 22.2. The number of rotatable bonds is 4. The van der Waals surface area contributed by atoms with Crippen LogP contribution in [0, 0.1) is 0 Å². The molecule has 0 N–H and O–H groups in total. The maximum absolute atomic E-state index is 11.2. The number of aromatic nitrogens is 1. The van der Waals surface area contributed by atoms with Gasteiger partial charge in [0.25, 0.3) is 0 Å². The molecule has 0 saturated carbocycles. The molecule has 0 amide bonds. The highest BCUT2D eigenvalue weighted by Gasteiger charge is 2.23. The molecule has 21 heavy (non-hydrogen) atoms. The van der Waals surface area contributed by atoms with E-state index in [1.165, 1.54) is 13.2 Å². The average Bonchev–Trinajstić information content (AvgIpc) is 2.49. The van der Waals surface area contributed by atoms with Crippen LogP contribution >= 0.6 is 0 Å². The smallest absolute Gasteiger partial charge is 0.330 e. The number of hydrogen-bond donors (Lipinski definition) is 0. The summed E-state index contributed by atoms with van der Waals surface area (Å²) < 4.78 is 10.5. The van der Waals surface area contributed by atoms with Crippen molar-refractivity contribution in [3.63, 3.8) is 0 Å². The van der Waals surface area contributed by atoms with Crippen molar-refractivity contribution in [1.29, 1.82) is 0 Å². The Bertz CT molecular complexity index is 540. The monoisotopic (exact) mass is 288 g/mol. The van der Waals surface area contributed by atoms with Crippen LogP contribution in [0.1, 0.15) is 19.5 Å². The first-order valence-electron chi connectivity index (χ1n) is 6.89. The second-order valence-electron chi connectivity index (χ2n) is 4.86. The average molecular weight is 288 g/mol. The van der Waals surface area contributed by atoms with E-state index in [0.717, 1.165) is 11.3 Å². The number of hydrogen-bond acceptors (Lipinski definition) is 5. The number of methoxy groups -OCH3 is 1. The van der Waals surface area contributed by atoms with Gasteiger partial charge in [-0.15, -0.1) is 0 Å². The lowest BCUT2D eigenvalue weighted by atomic mass is 10.1. The first-order chi connectivity index (χ1) is 10.1. The Balaban J connectivity index is 2.14. The fourth-order valence-electron chi connectivity index (χ4n) is 2.12. The summed E-state index contributed by atoms with van der Waals surface area (Å²) in [6, 6.07) is 5.83. The largest absolute Gasteiger partial charge is 0.466 e. The zero-order chi connectivity index (χ0) is 15.2. The third-order valence-electron chi connectivity index (χ3n) is 3.34. The van der Waals surface area contributed by atoms with Gasteiger partial charge in [-0.2, -0.15) is 0 Å². The van der Waals surface area contributed by atoms with Crippen LogP contribution in [0.4, 0.5) is 0 Å². The van der Waals surface area contributed by atoms with E-state index in [0.29, 0.717) is 6.54 Å². The van der Waals surface area contributed by atoms with Crippen LogP contribution in [0.2, 0.25) is 0 Å². The van der Waals surface area contributed by atoms with Gasteiger partial charge in [0.15, 0.2) is 0 Å². The molecule has 5 heteroatoms. The molecule has 2 atom stereocenters. The molecule has 0 radical (unpaired) electrons. The van der Waals surface area contributed by atoms with Crippen LogP contribution < -0.4 is 0 Å². The lowest BCUT2D eigenvalue weighted by Gasteiger charge is -2.35. The fourth-order valence-corrected chi connectivity index (χ4v) is 2.12. The quantitative estimate of drug-likeness (QED) is 0.628. The topological polar surface area (TPSA) is 51.7 Å². The molecule has 0 aliphatic carbocycles. The van der Waals surface area contributed by atoms with Crippen LogP contribution in [0.15, 0.2) is 48.3 Å². The lowest BCUT2D eigenvalue weighted by Crippen LogP contribution is -2.38. The molecular formula is C16H20N2O3. The molecular weight excluding hydrogens is 268 g/mol. The lowest BCUT2D eigenvalue weighted by molar-refractivity contribution is -0.134. The van der Waals surface area contributed by atoms with Gasteiger partial charge < -0.3 is 14.4 Å². The number of nitrogens with zero attached hydrogens (tertiary/aromatic N) is 2. The van der Waals surface area contributed by atoms with Crippen LogP contribution in [-0.2, 0) is 20.8 Å². The van der Waals surface area contributed by atoms with Crippen molar-refractivity contribution in [2.45, 2.75) is 32.7 Å². The molecule has 0 fully saturated rings. The standard InChI is InChI=1S/C16H20N2O3/c1-12-14(7-8-16(19)20-3)10-18(13(2)21-12)11-15-6-4-5-9-17-15/h4-10,12-13H,11H2,1-3H3/b8-7+/t12-,13+/m0/s1. The van der Waals surface area contributed by atoms with Gasteiger partial charge in [-0.05, 0) is 37.6 Å². The van der Waals surface area contributed by atoms with Crippen LogP contribution in [0.25, 0.3) is 0 Å². The molecule has 1 aromatic heterocycles. The summed E-state index contributed by atoms with van der Waals surface area (Å²) in [5, 5.41) is 0. The van der Waals surface area contributed by atoms with Crippen molar-refractivity contribution in [1.82, 2.24) is 9.88 Å². The Hall–Kier alpha value is -2.14. The summed E-state index contributed by atoms with van der Waals surface area (Å²) in [4.78, 5) is 17.6. The number of carbonyl (C=O) groups is 1. The maximum Gasteiger partial charge on any atom is 0.330 e. The number of ether oxygens (including phenoxy) is 2. The number of esters is 1. The van der Waals surface area contributed by atoms with Crippen LogP contribution in [0.5, 0.6) is 0 Å². The molecule has 2 rings (SSSR count). The summed E-state index contributed by atoms with van der Waals surface area (Å²) in [6.07, 6.45) is 6.80. The summed E-state index contributed by atoms with van der Waals surface area (Å²) >= 11 is 0. The molecule has 5 nitrogen and oxygen atoms in total. The van der Waals surface area contributed by atoms with Crippen molar-refractivity contribution in [2.75, 3.05) is 7.11 Å². The molecule has 0 aromatic carbocycles. The van der Waals surface area contributed by atoms with Crippen molar-refractivity contribution < 1.29 is 14.3 Å². The maximum atomic E-state index is 11.2. The SMILES string of the molecule is COC(=O)/C=C/C1=CN(Cc2ccccn2)[C@@H](C)O[C@H]1C. The molecule has 0 bridgehead atoms. The minimum atomic E-state index is -0.377. The van der Waals surface area contributed by atoms with Gasteiger partial charge in [0, 0.05) is 18.5 Å². The van der Waals surface area contributed by atoms with Gasteiger partial charge in [0.1, 0.15) is 6.23 Å². The Labute approximate surface area is 124 Å². The highest BCUT2D eigenvalue weighted by atomic mass is 16.5. The predicted octanol–water partition coefficient (Wildman–Crippen LogP) is 2.26. The van der Waals surface area contributed by atoms with E-state index in [1.807, 2.05) is 38.2 Å². The highest BCUT2D eigenvalue weighted by molar-refractivity contribution is 5.82. The molecule has 0 saturated heterocycles. The van der Waals surface area contributed by atoms with Gasteiger partial charge in [0.2, 0.25) is 0 Å². The van der Waals surface area contributed by atoms with Gasteiger partial charge in [-0.25, -0.2) is 4.79 Å². The van der Waals surface area contributed by atoms with E-state index in [2.05, 4.69) is 14.6 Å². The highest BCUT2D eigenvalue weighted by Crippen LogP contribution is 2.22. The number of carbonyl (C=O) groups excluding carboxylic acids is 1.